The van der Waals surface area contributed by atoms with Gasteiger partial charge in [0.15, 0.2) is 0 Å². The Bertz CT molecular complexity index is 878. The van der Waals surface area contributed by atoms with Crippen molar-refractivity contribution in [1.29, 1.82) is 0 Å². The number of rotatable bonds is 6. The summed E-state index contributed by atoms with van der Waals surface area (Å²) in [5.41, 5.74) is 2.87. The summed E-state index contributed by atoms with van der Waals surface area (Å²) in [6.07, 6.45) is 6.96. The fraction of sp³-hybridized carbons (Fsp3) is 0.350. The second-order valence-corrected chi connectivity index (χ2v) is 6.87. The fourth-order valence-corrected chi connectivity index (χ4v) is 3.34. The van der Waals surface area contributed by atoms with Crippen LogP contribution in [0.15, 0.2) is 53.3 Å². The summed E-state index contributed by atoms with van der Waals surface area (Å²) in [7, 11) is 0. The Morgan fingerprint density at radius 2 is 2.12 bits per heavy atom. The minimum Gasteiger partial charge on any atom is -0.350 e. The van der Waals surface area contributed by atoms with Crippen molar-refractivity contribution in [2.45, 2.75) is 38.8 Å². The molecule has 6 nitrogen and oxygen atoms in total. The standard InChI is InChI=1S/C20H22N4O2/c1-2-14-11-21-24(12-14)13-15-8-17(9-15)22-20(25)19-10-18(23-26-19)16-6-4-3-5-7-16/h3-7,10-12,15,17H,2,8-9,13H2,1H3,(H,22,25). The predicted molar refractivity (Wildman–Crippen MR) is 97.5 cm³/mol. The average molecular weight is 350 g/mol. The largest absolute Gasteiger partial charge is 0.350 e. The van der Waals surface area contributed by atoms with Crippen LogP contribution in [0, 0.1) is 5.92 Å². The van der Waals surface area contributed by atoms with Crippen molar-refractivity contribution in [3.05, 3.63) is 60.1 Å². The Labute approximate surface area is 152 Å². The summed E-state index contributed by atoms with van der Waals surface area (Å²) < 4.78 is 7.22. The topological polar surface area (TPSA) is 73.0 Å². The van der Waals surface area contributed by atoms with E-state index in [1.807, 2.05) is 41.2 Å². The zero-order chi connectivity index (χ0) is 17.9. The summed E-state index contributed by atoms with van der Waals surface area (Å²) in [5.74, 6) is 0.613. The van der Waals surface area contributed by atoms with Crippen LogP contribution in [0.2, 0.25) is 0 Å². The minimum absolute atomic E-state index is 0.194. The van der Waals surface area contributed by atoms with E-state index in [1.165, 1.54) is 5.56 Å². The fourth-order valence-electron chi connectivity index (χ4n) is 3.34. The highest BCUT2D eigenvalue weighted by atomic mass is 16.5. The van der Waals surface area contributed by atoms with E-state index in [2.05, 4.69) is 28.7 Å². The Morgan fingerprint density at radius 1 is 1.31 bits per heavy atom. The lowest BCUT2D eigenvalue weighted by atomic mass is 9.80. The van der Waals surface area contributed by atoms with Crippen LogP contribution >= 0.6 is 0 Å². The molecule has 0 radical (unpaired) electrons. The number of nitrogens with zero attached hydrogens (tertiary/aromatic N) is 3. The first-order valence-corrected chi connectivity index (χ1v) is 9.05. The molecule has 0 spiro atoms. The van der Waals surface area contributed by atoms with Crippen LogP contribution in [0.5, 0.6) is 0 Å². The maximum absolute atomic E-state index is 12.3. The van der Waals surface area contributed by atoms with Crippen LogP contribution in [-0.4, -0.2) is 26.9 Å². The number of carbonyl (C=O) groups is 1. The van der Waals surface area contributed by atoms with E-state index >= 15 is 0 Å². The Balaban J connectivity index is 1.28. The molecule has 0 saturated heterocycles. The molecule has 1 aliphatic carbocycles. The van der Waals surface area contributed by atoms with Gasteiger partial charge in [0.05, 0.1) is 6.20 Å². The molecule has 26 heavy (non-hydrogen) atoms. The van der Waals surface area contributed by atoms with Crippen LogP contribution in [-0.2, 0) is 13.0 Å². The van der Waals surface area contributed by atoms with E-state index in [-0.39, 0.29) is 17.7 Å². The molecule has 1 fully saturated rings. The van der Waals surface area contributed by atoms with Crippen LogP contribution in [0.4, 0.5) is 0 Å². The number of aromatic nitrogens is 3. The molecule has 3 aromatic rings. The molecule has 1 N–H and O–H groups in total. The molecule has 2 heterocycles. The number of aryl methyl sites for hydroxylation is 1. The van der Waals surface area contributed by atoms with Gasteiger partial charge in [0, 0.05) is 30.4 Å². The number of nitrogens with one attached hydrogen (secondary N) is 1. The zero-order valence-corrected chi connectivity index (χ0v) is 14.8. The van der Waals surface area contributed by atoms with E-state index in [0.29, 0.717) is 11.6 Å². The monoisotopic (exact) mass is 350 g/mol. The lowest BCUT2D eigenvalue weighted by Gasteiger charge is -2.35. The Morgan fingerprint density at radius 3 is 2.85 bits per heavy atom. The molecule has 0 aliphatic heterocycles. The molecule has 4 rings (SSSR count). The number of carbonyl (C=O) groups excluding carboxylic acids is 1. The highest BCUT2D eigenvalue weighted by Crippen LogP contribution is 2.29. The normalized spacial score (nSPS) is 19.1. The minimum atomic E-state index is -0.199. The van der Waals surface area contributed by atoms with Gasteiger partial charge in [-0.05, 0) is 30.7 Å². The first-order chi connectivity index (χ1) is 12.7. The lowest BCUT2D eigenvalue weighted by Crippen LogP contribution is -2.45. The second kappa shape index (κ2) is 7.15. The second-order valence-electron chi connectivity index (χ2n) is 6.87. The van der Waals surface area contributed by atoms with Gasteiger partial charge in [0.25, 0.3) is 5.91 Å². The Hall–Kier alpha value is -2.89. The third-order valence-corrected chi connectivity index (χ3v) is 4.91. The van der Waals surface area contributed by atoms with Gasteiger partial charge in [-0.25, -0.2) is 0 Å². The summed E-state index contributed by atoms with van der Waals surface area (Å²) in [5, 5.41) is 11.4. The molecule has 0 bridgehead atoms. The molecule has 0 atom stereocenters. The van der Waals surface area contributed by atoms with Crippen LogP contribution in [0.3, 0.4) is 0 Å². The van der Waals surface area contributed by atoms with Crippen LogP contribution in [0.25, 0.3) is 11.3 Å². The van der Waals surface area contributed by atoms with Gasteiger partial charge >= 0.3 is 0 Å². The summed E-state index contributed by atoms with van der Waals surface area (Å²) >= 11 is 0. The van der Waals surface area contributed by atoms with Crippen molar-refractivity contribution in [3.63, 3.8) is 0 Å². The zero-order valence-electron chi connectivity index (χ0n) is 14.8. The first-order valence-electron chi connectivity index (χ1n) is 9.05. The molecular weight excluding hydrogens is 328 g/mol. The molecule has 0 unspecified atom stereocenters. The maximum atomic E-state index is 12.3. The van der Waals surface area contributed by atoms with E-state index in [9.17, 15) is 4.79 Å². The highest BCUT2D eigenvalue weighted by Gasteiger charge is 2.31. The highest BCUT2D eigenvalue weighted by molar-refractivity contribution is 5.92. The molecule has 1 saturated carbocycles. The molecule has 1 amide bonds. The number of benzene rings is 1. The van der Waals surface area contributed by atoms with Crippen molar-refractivity contribution in [1.82, 2.24) is 20.3 Å². The quantitative estimate of drug-likeness (QED) is 0.740. The summed E-state index contributed by atoms with van der Waals surface area (Å²) in [6.45, 7) is 3.04. The molecule has 6 heteroatoms. The van der Waals surface area contributed by atoms with Gasteiger partial charge in [-0.3, -0.25) is 9.48 Å². The van der Waals surface area contributed by atoms with E-state index in [1.54, 1.807) is 6.07 Å². The van der Waals surface area contributed by atoms with Gasteiger partial charge in [-0.1, -0.05) is 42.4 Å². The molecule has 2 aromatic heterocycles. The van der Waals surface area contributed by atoms with Gasteiger partial charge in [-0.2, -0.15) is 5.10 Å². The van der Waals surface area contributed by atoms with E-state index in [0.717, 1.165) is 31.4 Å². The third kappa shape index (κ3) is 3.54. The molecule has 1 aromatic carbocycles. The van der Waals surface area contributed by atoms with Crippen LogP contribution in [0.1, 0.15) is 35.9 Å². The number of hydrogen-bond donors (Lipinski definition) is 1. The maximum Gasteiger partial charge on any atom is 0.290 e. The van der Waals surface area contributed by atoms with Gasteiger partial charge in [0.1, 0.15) is 5.69 Å². The van der Waals surface area contributed by atoms with Crippen molar-refractivity contribution < 1.29 is 9.32 Å². The predicted octanol–water partition coefficient (Wildman–Crippen LogP) is 3.31. The van der Waals surface area contributed by atoms with Gasteiger partial charge < -0.3 is 9.84 Å². The third-order valence-electron chi connectivity index (χ3n) is 4.91. The van der Waals surface area contributed by atoms with Gasteiger partial charge in [0.2, 0.25) is 5.76 Å². The lowest BCUT2D eigenvalue weighted by molar-refractivity contribution is 0.0842. The van der Waals surface area contributed by atoms with Crippen molar-refractivity contribution in [3.8, 4) is 11.3 Å². The smallest absolute Gasteiger partial charge is 0.290 e. The SMILES string of the molecule is CCc1cnn(CC2CC(NC(=O)c3cc(-c4ccccc4)no3)C2)c1. The van der Waals surface area contributed by atoms with E-state index < -0.39 is 0 Å². The summed E-state index contributed by atoms with van der Waals surface area (Å²) in [6, 6.07) is 11.6. The van der Waals surface area contributed by atoms with Crippen molar-refractivity contribution >= 4 is 5.91 Å². The number of amides is 1. The van der Waals surface area contributed by atoms with E-state index in [4.69, 9.17) is 4.52 Å². The number of hydrogen-bond acceptors (Lipinski definition) is 4. The molecule has 134 valence electrons. The van der Waals surface area contributed by atoms with Gasteiger partial charge in [-0.15, -0.1) is 0 Å². The van der Waals surface area contributed by atoms with Crippen molar-refractivity contribution in [2.75, 3.05) is 0 Å². The molecule has 1 aliphatic rings. The first kappa shape index (κ1) is 16.6. The van der Waals surface area contributed by atoms with Crippen molar-refractivity contribution in [2.24, 2.45) is 5.92 Å². The summed E-state index contributed by atoms with van der Waals surface area (Å²) in [4.78, 5) is 12.3. The molecular formula is C20H22N4O2. The average Bonchev–Trinajstić information content (AvgIpc) is 3.30. The Kier molecular flexibility index (Phi) is 4.56. The van der Waals surface area contributed by atoms with Crippen LogP contribution < -0.4 is 5.32 Å².